The Bertz CT molecular complexity index is 555. The summed E-state index contributed by atoms with van der Waals surface area (Å²) >= 11 is 0. The summed E-state index contributed by atoms with van der Waals surface area (Å²) in [6.07, 6.45) is -3.66. The first-order valence-corrected chi connectivity index (χ1v) is 8.97. The molecule has 1 aliphatic heterocycles. The summed E-state index contributed by atoms with van der Waals surface area (Å²) in [6.45, 7) is 8.35. The summed E-state index contributed by atoms with van der Waals surface area (Å²) in [5.74, 6) is 0.729. The van der Waals surface area contributed by atoms with Crippen LogP contribution in [0.5, 0.6) is 0 Å². The molecule has 1 fully saturated rings. The molecule has 1 aromatic carbocycles. The SMILES string of the molecule is CCNC(=NCCN1CCOCC1)NCCc1ccc(C(F)(F)F)cc1. The summed E-state index contributed by atoms with van der Waals surface area (Å²) in [5.41, 5.74) is 0.238. The van der Waals surface area contributed by atoms with Gasteiger partial charge in [-0.25, -0.2) is 0 Å². The van der Waals surface area contributed by atoms with Crippen LogP contribution in [0.15, 0.2) is 29.3 Å². The maximum absolute atomic E-state index is 12.6. The van der Waals surface area contributed by atoms with Crippen LogP contribution in [0.4, 0.5) is 13.2 Å². The van der Waals surface area contributed by atoms with Gasteiger partial charge in [0.25, 0.3) is 0 Å². The highest BCUT2D eigenvalue weighted by molar-refractivity contribution is 5.79. The van der Waals surface area contributed by atoms with Gasteiger partial charge in [0.15, 0.2) is 5.96 Å². The minimum atomic E-state index is -4.29. The zero-order chi connectivity index (χ0) is 18.8. The molecule has 1 aliphatic rings. The molecule has 146 valence electrons. The Labute approximate surface area is 152 Å². The van der Waals surface area contributed by atoms with Gasteiger partial charge in [-0.3, -0.25) is 9.89 Å². The first kappa shape index (κ1) is 20.5. The summed E-state index contributed by atoms with van der Waals surface area (Å²) in [5, 5.41) is 6.41. The number of morpholine rings is 1. The van der Waals surface area contributed by atoms with Gasteiger partial charge in [-0.15, -0.1) is 0 Å². The van der Waals surface area contributed by atoms with Crippen molar-refractivity contribution in [1.82, 2.24) is 15.5 Å². The van der Waals surface area contributed by atoms with E-state index in [2.05, 4.69) is 20.5 Å². The number of hydrogen-bond donors (Lipinski definition) is 2. The van der Waals surface area contributed by atoms with Crippen LogP contribution in [0.1, 0.15) is 18.1 Å². The first-order chi connectivity index (χ1) is 12.5. The summed E-state index contributed by atoms with van der Waals surface area (Å²) in [4.78, 5) is 6.87. The number of guanidine groups is 1. The van der Waals surface area contributed by atoms with E-state index in [1.807, 2.05) is 6.92 Å². The van der Waals surface area contributed by atoms with E-state index in [0.29, 0.717) is 19.5 Å². The van der Waals surface area contributed by atoms with Crippen LogP contribution in [0, 0.1) is 0 Å². The minimum Gasteiger partial charge on any atom is -0.379 e. The van der Waals surface area contributed by atoms with Gasteiger partial charge < -0.3 is 15.4 Å². The van der Waals surface area contributed by atoms with Gasteiger partial charge in [-0.05, 0) is 31.0 Å². The van der Waals surface area contributed by atoms with Crippen LogP contribution in [-0.4, -0.2) is 63.3 Å². The number of nitrogens with one attached hydrogen (secondary N) is 2. The number of rotatable bonds is 7. The van der Waals surface area contributed by atoms with E-state index in [1.165, 1.54) is 12.1 Å². The number of alkyl halides is 3. The van der Waals surface area contributed by atoms with Crippen molar-refractivity contribution < 1.29 is 17.9 Å². The molecule has 0 spiro atoms. The van der Waals surface area contributed by atoms with Gasteiger partial charge in [0.05, 0.1) is 25.3 Å². The van der Waals surface area contributed by atoms with Crippen molar-refractivity contribution in [2.24, 2.45) is 4.99 Å². The average Bonchev–Trinajstić information content (AvgIpc) is 2.62. The lowest BCUT2D eigenvalue weighted by Crippen LogP contribution is -2.40. The molecule has 0 aliphatic carbocycles. The highest BCUT2D eigenvalue weighted by atomic mass is 19.4. The molecule has 1 aromatic rings. The molecule has 5 nitrogen and oxygen atoms in total. The fourth-order valence-corrected chi connectivity index (χ4v) is 2.66. The van der Waals surface area contributed by atoms with Gasteiger partial charge in [0.2, 0.25) is 0 Å². The lowest BCUT2D eigenvalue weighted by molar-refractivity contribution is -0.137. The molecular weight excluding hydrogens is 345 g/mol. The lowest BCUT2D eigenvalue weighted by Gasteiger charge is -2.25. The average molecular weight is 372 g/mol. The topological polar surface area (TPSA) is 48.9 Å². The van der Waals surface area contributed by atoms with E-state index >= 15 is 0 Å². The third-order valence-electron chi connectivity index (χ3n) is 4.12. The Hall–Kier alpha value is -1.80. The third kappa shape index (κ3) is 7.21. The maximum Gasteiger partial charge on any atom is 0.416 e. The van der Waals surface area contributed by atoms with E-state index < -0.39 is 11.7 Å². The molecule has 0 radical (unpaired) electrons. The van der Waals surface area contributed by atoms with Crippen molar-refractivity contribution in [3.63, 3.8) is 0 Å². The molecule has 0 amide bonds. The van der Waals surface area contributed by atoms with Crippen molar-refractivity contribution in [2.75, 3.05) is 52.5 Å². The number of hydrogen-bond acceptors (Lipinski definition) is 3. The smallest absolute Gasteiger partial charge is 0.379 e. The summed E-state index contributed by atoms with van der Waals surface area (Å²) in [7, 11) is 0. The molecular formula is C18H27F3N4O. The second-order valence-corrected chi connectivity index (χ2v) is 6.09. The predicted molar refractivity (Wildman–Crippen MR) is 96.4 cm³/mol. The van der Waals surface area contributed by atoms with Gasteiger partial charge in [-0.2, -0.15) is 13.2 Å². The van der Waals surface area contributed by atoms with Crippen LogP contribution >= 0.6 is 0 Å². The zero-order valence-electron chi connectivity index (χ0n) is 15.1. The van der Waals surface area contributed by atoms with Crippen LogP contribution in [0.3, 0.4) is 0 Å². The van der Waals surface area contributed by atoms with E-state index in [4.69, 9.17) is 4.74 Å². The molecule has 1 saturated heterocycles. The van der Waals surface area contributed by atoms with Crippen molar-refractivity contribution >= 4 is 5.96 Å². The van der Waals surface area contributed by atoms with Gasteiger partial charge in [0.1, 0.15) is 0 Å². The molecule has 0 atom stereocenters. The van der Waals surface area contributed by atoms with Crippen molar-refractivity contribution in [1.29, 1.82) is 0 Å². The fraction of sp³-hybridized carbons (Fsp3) is 0.611. The minimum absolute atomic E-state index is 0.606. The lowest BCUT2D eigenvalue weighted by atomic mass is 10.1. The van der Waals surface area contributed by atoms with Crippen molar-refractivity contribution in [3.05, 3.63) is 35.4 Å². The number of ether oxygens (including phenoxy) is 1. The number of halogens is 3. The quantitative estimate of drug-likeness (QED) is 0.569. The second-order valence-electron chi connectivity index (χ2n) is 6.09. The van der Waals surface area contributed by atoms with Crippen LogP contribution in [0.2, 0.25) is 0 Å². The molecule has 2 N–H and O–H groups in total. The Morgan fingerprint density at radius 3 is 2.46 bits per heavy atom. The predicted octanol–water partition coefficient (Wildman–Crippen LogP) is 2.14. The first-order valence-electron chi connectivity index (χ1n) is 8.97. The molecule has 0 saturated carbocycles. The molecule has 26 heavy (non-hydrogen) atoms. The van der Waals surface area contributed by atoms with Crippen molar-refractivity contribution in [3.8, 4) is 0 Å². The van der Waals surface area contributed by atoms with E-state index in [9.17, 15) is 13.2 Å². The Morgan fingerprint density at radius 2 is 1.85 bits per heavy atom. The van der Waals surface area contributed by atoms with Crippen LogP contribution < -0.4 is 10.6 Å². The summed E-state index contributed by atoms with van der Waals surface area (Å²) in [6, 6.07) is 5.29. The van der Waals surface area contributed by atoms with Gasteiger partial charge >= 0.3 is 6.18 Å². The molecule has 0 aromatic heterocycles. The Morgan fingerprint density at radius 1 is 1.15 bits per heavy atom. The Balaban J connectivity index is 1.75. The number of benzene rings is 1. The molecule has 2 rings (SSSR count). The Kier molecular flexibility index (Phi) is 8.18. The number of nitrogens with zero attached hydrogens (tertiary/aromatic N) is 2. The molecule has 1 heterocycles. The second kappa shape index (κ2) is 10.4. The third-order valence-corrected chi connectivity index (χ3v) is 4.12. The maximum atomic E-state index is 12.6. The highest BCUT2D eigenvalue weighted by Crippen LogP contribution is 2.29. The molecule has 0 bridgehead atoms. The highest BCUT2D eigenvalue weighted by Gasteiger charge is 2.29. The van der Waals surface area contributed by atoms with Gasteiger partial charge in [0, 0.05) is 32.7 Å². The van der Waals surface area contributed by atoms with Crippen LogP contribution in [-0.2, 0) is 17.3 Å². The van der Waals surface area contributed by atoms with E-state index in [-0.39, 0.29) is 0 Å². The molecule has 8 heteroatoms. The fourth-order valence-electron chi connectivity index (χ4n) is 2.66. The van der Waals surface area contributed by atoms with E-state index in [0.717, 1.165) is 63.0 Å². The normalized spacial score (nSPS) is 16.5. The molecule has 0 unspecified atom stereocenters. The standard InChI is InChI=1S/C18H27F3N4O/c1-2-22-17(24-9-10-25-11-13-26-14-12-25)23-8-7-15-3-5-16(6-4-15)18(19,20)21/h3-6H,2,7-14H2,1H3,(H2,22,23,24). The monoisotopic (exact) mass is 372 g/mol. The van der Waals surface area contributed by atoms with Crippen LogP contribution in [0.25, 0.3) is 0 Å². The zero-order valence-corrected chi connectivity index (χ0v) is 15.1. The largest absolute Gasteiger partial charge is 0.416 e. The van der Waals surface area contributed by atoms with Crippen molar-refractivity contribution in [2.45, 2.75) is 19.5 Å². The van der Waals surface area contributed by atoms with E-state index in [1.54, 1.807) is 0 Å². The number of aliphatic imine (C=N–C) groups is 1. The van der Waals surface area contributed by atoms with Gasteiger partial charge in [-0.1, -0.05) is 12.1 Å². The summed E-state index contributed by atoms with van der Waals surface area (Å²) < 4.78 is 43.0.